The highest BCUT2D eigenvalue weighted by atomic mass is 32.1. The van der Waals surface area contributed by atoms with E-state index in [0.29, 0.717) is 12.3 Å². The van der Waals surface area contributed by atoms with Crippen molar-refractivity contribution >= 4 is 39.0 Å². The molecule has 0 unspecified atom stereocenters. The zero-order valence-corrected chi connectivity index (χ0v) is 20.2. The van der Waals surface area contributed by atoms with Crippen LogP contribution >= 0.6 is 11.3 Å². The molecule has 1 fully saturated rings. The van der Waals surface area contributed by atoms with E-state index < -0.39 is 23.6 Å². The van der Waals surface area contributed by atoms with E-state index in [1.54, 1.807) is 12.3 Å². The van der Waals surface area contributed by atoms with Gasteiger partial charge in [-0.15, -0.1) is 24.5 Å². The van der Waals surface area contributed by atoms with Crippen molar-refractivity contribution in [3.63, 3.8) is 0 Å². The molecule has 1 saturated carbocycles. The Hall–Kier alpha value is -3.41. The number of halogens is 3. The molecule has 1 N–H and O–H groups in total. The molecule has 12 heteroatoms. The third-order valence-electron chi connectivity index (χ3n) is 5.94. The molecule has 4 rings (SSSR count). The van der Waals surface area contributed by atoms with E-state index in [1.807, 2.05) is 0 Å². The standard InChI is InChI=1S/C24H24F3N3O5S/c1-2-34-23(33)20-17-13-36-21(28-18(31)12-7-14-5-3-4-6-14)19(17)22(32)30(29-20)15-8-10-16(11-9-15)35-24(25,26)27/h8-11,13-14H,2-7,12H2,1H3,(H,28,31). The topological polar surface area (TPSA) is 99.5 Å². The molecular formula is C24H24F3N3O5S. The number of aromatic nitrogens is 2. The monoisotopic (exact) mass is 523 g/mol. The number of esters is 1. The number of thiophene rings is 1. The molecule has 1 aliphatic rings. The molecule has 8 nitrogen and oxygen atoms in total. The first-order valence-corrected chi connectivity index (χ1v) is 12.4. The van der Waals surface area contributed by atoms with Crippen molar-refractivity contribution < 1.29 is 32.2 Å². The summed E-state index contributed by atoms with van der Waals surface area (Å²) in [5.41, 5.74) is -0.689. The molecule has 36 heavy (non-hydrogen) atoms. The Morgan fingerprint density at radius 3 is 2.53 bits per heavy atom. The van der Waals surface area contributed by atoms with Crippen molar-refractivity contribution in [1.29, 1.82) is 0 Å². The highest BCUT2D eigenvalue weighted by Crippen LogP contribution is 2.32. The van der Waals surface area contributed by atoms with Crippen molar-refractivity contribution in [1.82, 2.24) is 9.78 Å². The maximum absolute atomic E-state index is 13.4. The maximum Gasteiger partial charge on any atom is 0.573 e. The lowest BCUT2D eigenvalue weighted by Crippen LogP contribution is -2.25. The number of anilines is 1. The number of fused-ring (bicyclic) bond motifs is 1. The number of rotatable bonds is 8. The average molecular weight is 524 g/mol. The zero-order chi connectivity index (χ0) is 25.9. The molecule has 0 radical (unpaired) electrons. The molecule has 0 atom stereocenters. The highest BCUT2D eigenvalue weighted by molar-refractivity contribution is 7.16. The molecule has 192 valence electrons. The third kappa shape index (κ3) is 5.86. The van der Waals surface area contributed by atoms with Gasteiger partial charge >= 0.3 is 12.3 Å². The van der Waals surface area contributed by atoms with Gasteiger partial charge in [-0.2, -0.15) is 9.78 Å². The predicted octanol–water partition coefficient (Wildman–Crippen LogP) is 5.43. The van der Waals surface area contributed by atoms with Gasteiger partial charge in [-0.3, -0.25) is 9.59 Å². The molecule has 0 spiro atoms. The lowest BCUT2D eigenvalue weighted by molar-refractivity contribution is -0.274. The number of carbonyl (C=O) groups excluding carboxylic acids is 2. The van der Waals surface area contributed by atoms with Gasteiger partial charge in [-0.05, 0) is 43.5 Å². The zero-order valence-electron chi connectivity index (χ0n) is 19.4. The summed E-state index contributed by atoms with van der Waals surface area (Å²) in [7, 11) is 0. The maximum atomic E-state index is 13.4. The van der Waals surface area contributed by atoms with Gasteiger partial charge in [0.15, 0.2) is 5.69 Å². The lowest BCUT2D eigenvalue weighted by atomic mass is 10.0. The summed E-state index contributed by atoms with van der Waals surface area (Å²) in [6, 6.07) is 4.49. The van der Waals surface area contributed by atoms with Gasteiger partial charge in [0, 0.05) is 17.2 Å². The third-order valence-corrected chi connectivity index (χ3v) is 6.84. The molecule has 0 saturated heterocycles. The van der Waals surface area contributed by atoms with Crippen LogP contribution < -0.4 is 15.6 Å². The largest absolute Gasteiger partial charge is 0.573 e. The number of amides is 1. The Bertz CT molecular complexity index is 1310. The van der Waals surface area contributed by atoms with E-state index in [2.05, 4.69) is 15.2 Å². The van der Waals surface area contributed by atoms with Crippen LogP contribution in [0.1, 0.15) is 55.9 Å². The van der Waals surface area contributed by atoms with Gasteiger partial charge in [0.25, 0.3) is 5.56 Å². The van der Waals surface area contributed by atoms with Crippen molar-refractivity contribution in [2.75, 3.05) is 11.9 Å². The first kappa shape index (κ1) is 25.7. The summed E-state index contributed by atoms with van der Waals surface area (Å²) in [6.45, 7) is 1.69. The summed E-state index contributed by atoms with van der Waals surface area (Å²) in [5.74, 6) is -0.960. The Labute approximate surface area is 208 Å². The number of benzene rings is 1. The predicted molar refractivity (Wildman–Crippen MR) is 128 cm³/mol. The van der Waals surface area contributed by atoms with Gasteiger partial charge in [0.1, 0.15) is 10.8 Å². The summed E-state index contributed by atoms with van der Waals surface area (Å²) in [5, 5.41) is 9.03. The van der Waals surface area contributed by atoms with Crippen molar-refractivity contribution in [2.45, 2.75) is 51.8 Å². The van der Waals surface area contributed by atoms with Crippen molar-refractivity contribution in [3.8, 4) is 11.4 Å². The SMILES string of the molecule is CCOC(=O)c1nn(-c2ccc(OC(F)(F)F)cc2)c(=O)c2c(NC(=O)CCC3CCCC3)scc12. The second kappa shape index (κ2) is 10.7. The molecule has 1 amide bonds. The summed E-state index contributed by atoms with van der Waals surface area (Å²) < 4.78 is 47.3. The fourth-order valence-electron chi connectivity index (χ4n) is 4.28. The van der Waals surface area contributed by atoms with Crippen molar-refractivity contribution in [2.24, 2.45) is 5.92 Å². The van der Waals surface area contributed by atoms with Gasteiger partial charge in [-0.1, -0.05) is 25.7 Å². The van der Waals surface area contributed by atoms with E-state index in [0.717, 1.165) is 47.4 Å². The molecule has 2 heterocycles. The molecular weight excluding hydrogens is 499 g/mol. The minimum absolute atomic E-state index is 0.0690. The molecule has 1 aliphatic carbocycles. The van der Waals surface area contributed by atoms with Crippen LogP contribution in [0.3, 0.4) is 0 Å². The van der Waals surface area contributed by atoms with Gasteiger partial charge < -0.3 is 14.8 Å². The average Bonchev–Trinajstić information content (AvgIpc) is 3.48. The lowest BCUT2D eigenvalue weighted by Gasteiger charge is -2.12. The number of alkyl halides is 3. The number of nitrogens with zero attached hydrogens (tertiary/aromatic N) is 2. The van der Waals surface area contributed by atoms with Crippen LogP contribution in [0.15, 0.2) is 34.4 Å². The van der Waals surface area contributed by atoms with Crippen LogP contribution in [0.4, 0.5) is 18.2 Å². The van der Waals surface area contributed by atoms with Gasteiger partial charge in [0.2, 0.25) is 5.91 Å². The second-order valence-electron chi connectivity index (χ2n) is 8.42. The number of carbonyl (C=O) groups is 2. The Morgan fingerprint density at radius 1 is 1.19 bits per heavy atom. The van der Waals surface area contributed by atoms with E-state index in [1.165, 1.54) is 25.0 Å². The molecule has 0 bridgehead atoms. The van der Waals surface area contributed by atoms with Gasteiger partial charge in [-0.25, -0.2) is 4.79 Å². The molecule has 1 aromatic carbocycles. The fraction of sp³-hybridized carbons (Fsp3) is 0.417. The first-order valence-electron chi connectivity index (χ1n) is 11.5. The fourth-order valence-corrected chi connectivity index (χ4v) is 5.23. The Morgan fingerprint density at radius 2 is 1.89 bits per heavy atom. The Kier molecular flexibility index (Phi) is 7.62. The van der Waals surface area contributed by atoms with Crippen LogP contribution in [0.5, 0.6) is 5.75 Å². The quantitative estimate of drug-likeness (QED) is 0.395. The number of hydrogen-bond donors (Lipinski definition) is 1. The normalized spacial score (nSPS) is 14.2. The molecule has 3 aromatic rings. The number of ether oxygens (including phenoxy) is 2. The summed E-state index contributed by atoms with van der Waals surface area (Å²) >= 11 is 1.09. The van der Waals surface area contributed by atoms with Gasteiger partial charge in [0.05, 0.1) is 17.7 Å². The van der Waals surface area contributed by atoms with Crippen LogP contribution in [-0.4, -0.2) is 34.6 Å². The van der Waals surface area contributed by atoms with E-state index in [-0.39, 0.29) is 39.7 Å². The molecule has 0 aliphatic heterocycles. The number of nitrogens with one attached hydrogen (secondary N) is 1. The minimum atomic E-state index is -4.87. The van der Waals surface area contributed by atoms with E-state index in [4.69, 9.17) is 4.74 Å². The van der Waals surface area contributed by atoms with Crippen LogP contribution in [0, 0.1) is 5.92 Å². The number of hydrogen-bond acceptors (Lipinski definition) is 7. The first-order chi connectivity index (χ1) is 17.2. The van der Waals surface area contributed by atoms with Crippen LogP contribution in [0.25, 0.3) is 16.5 Å². The van der Waals surface area contributed by atoms with Crippen LogP contribution in [-0.2, 0) is 9.53 Å². The highest BCUT2D eigenvalue weighted by Gasteiger charge is 2.31. The van der Waals surface area contributed by atoms with E-state index >= 15 is 0 Å². The minimum Gasteiger partial charge on any atom is -0.461 e. The summed E-state index contributed by atoms with van der Waals surface area (Å²) in [6.07, 6.45) is 0.787. The molecule has 2 aromatic heterocycles. The van der Waals surface area contributed by atoms with Crippen LogP contribution in [0.2, 0.25) is 0 Å². The summed E-state index contributed by atoms with van der Waals surface area (Å²) in [4.78, 5) is 38.6. The second-order valence-corrected chi connectivity index (χ2v) is 9.30. The smallest absolute Gasteiger partial charge is 0.461 e. The van der Waals surface area contributed by atoms with E-state index in [9.17, 15) is 27.6 Å². The van der Waals surface area contributed by atoms with Crippen molar-refractivity contribution in [3.05, 3.63) is 45.7 Å². The Balaban J connectivity index is 1.70.